The van der Waals surface area contributed by atoms with Gasteiger partial charge in [-0.1, -0.05) is 73.5 Å². The Kier molecular flexibility index (Phi) is 6.63. The first-order valence-corrected chi connectivity index (χ1v) is 12.8. The molecule has 2 amide bonds. The number of aromatic nitrogens is 1. The fraction of sp³-hybridized carbons (Fsp3) is 0.370. The van der Waals surface area contributed by atoms with E-state index < -0.39 is 12.1 Å². The molecule has 1 saturated carbocycles. The zero-order valence-corrected chi connectivity index (χ0v) is 19.9. The minimum atomic E-state index is -0.537. The number of rotatable bonds is 6. The quantitative estimate of drug-likeness (QED) is 0.493. The molecule has 1 aliphatic carbocycles. The Balaban J connectivity index is 1.25. The lowest BCUT2D eigenvalue weighted by Gasteiger charge is -2.27. The van der Waals surface area contributed by atoms with E-state index in [2.05, 4.69) is 35.0 Å². The van der Waals surface area contributed by atoms with Gasteiger partial charge in [0, 0.05) is 17.3 Å². The molecule has 7 heteroatoms. The number of hydrogen-bond donors (Lipinski definition) is 1. The number of anilines is 1. The van der Waals surface area contributed by atoms with Crippen molar-refractivity contribution in [3.63, 3.8) is 0 Å². The predicted octanol–water partition coefficient (Wildman–Crippen LogP) is 5.74. The number of carbonyl (C=O) groups is 2. The van der Waals surface area contributed by atoms with Crippen molar-refractivity contribution >= 4 is 28.5 Å². The van der Waals surface area contributed by atoms with E-state index in [1.165, 1.54) is 34.6 Å². The van der Waals surface area contributed by atoms with Crippen LogP contribution in [0, 0.1) is 0 Å². The van der Waals surface area contributed by atoms with Crippen LogP contribution in [0.1, 0.15) is 55.3 Å². The molecule has 34 heavy (non-hydrogen) atoms. The lowest BCUT2D eigenvalue weighted by atomic mass is 9.76. The maximum absolute atomic E-state index is 13.1. The minimum Gasteiger partial charge on any atom is -0.445 e. The number of hydrogen-bond acceptors (Lipinski definition) is 5. The Labute approximate surface area is 204 Å². The van der Waals surface area contributed by atoms with Crippen molar-refractivity contribution in [1.29, 1.82) is 0 Å². The average Bonchev–Trinajstić information content (AvgIpc) is 3.65. The molecule has 1 N–H and O–H groups in total. The summed E-state index contributed by atoms with van der Waals surface area (Å²) in [7, 11) is 0. The van der Waals surface area contributed by atoms with Gasteiger partial charge in [0.05, 0.1) is 5.69 Å². The number of amides is 2. The monoisotopic (exact) mass is 475 g/mol. The van der Waals surface area contributed by atoms with Gasteiger partial charge in [-0.05, 0) is 36.8 Å². The summed E-state index contributed by atoms with van der Waals surface area (Å²) in [5, 5.41) is 5.64. The minimum absolute atomic E-state index is 0.0820. The van der Waals surface area contributed by atoms with Gasteiger partial charge in [0.15, 0.2) is 5.13 Å². The molecule has 0 spiro atoms. The highest BCUT2D eigenvalue weighted by Gasteiger charge is 2.40. The highest BCUT2D eigenvalue weighted by Crippen LogP contribution is 2.46. The summed E-state index contributed by atoms with van der Waals surface area (Å²) in [4.78, 5) is 32.2. The second-order valence-corrected chi connectivity index (χ2v) is 9.93. The maximum Gasteiger partial charge on any atom is 0.410 e. The summed E-state index contributed by atoms with van der Waals surface area (Å²) in [5.74, 6) is -0.199. The highest BCUT2D eigenvalue weighted by atomic mass is 32.1. The molecule has 1 aromatic heterocycles. The average molecular weight is 476 g/mol. The van der Waals surface area contributed by atoms with Gasteiger partial charge in [-0.25, -0.2) is 9.78 Å². The molecule has 2 aromatic carbocycles. The predicted molar refractivity (Wildman–Crippen MR) is 133 cm³/mol. The van der Waals surface area contributed by atoms with Crippen LogP contribution in [-0.2, 0) is 21.6 Å². The first kappa shape index (κ1) is 22.6. The highest BCUT2D eigenvalue weighted by molar-refractivity contribution is 7.14. The SMILES string of the molecule is O=C(Nc1nc(C2(c3ccccc3)CCCC2)cs1)[C@@H]1CCCN1C(=O)OCc1ccccc1. The maximum atomic E-state index is 13.1. The molecule has 0 bridgehead atoms. The lowest BCUT2D eigenvalue weighted by Crippen LogP contribution is -2.43. The van der Waals surface area contributed by atoms with Crippen LogP contribution in [0.4, 0.5) is 9.93 Å². The molecular weight excluding hydrogens is 446 g/mol. The van der Waals surface area contributed by atoms with Gasteiger partial charge >= 0.3 is 6.09 Å². The van der Waals surface area contributed by atoms with Gasteiger partial charge in [-0.3, -0.25) is 9.69 Å². The zero-order chi connectivity index (χ0) is 23.4. The number of ether oxygens (including phenoxy) is 1. The van der Waals surface area contributed by atoms with Crippen LogP contribution >= 0.6 is 11.3 Å². The van der Waals surface area contributed by atoms with Crippen LogP contribution in [0.2, 0.25) is 0 Å². The van der Waals surface area contributed by atoms with E-state index >= 15 is 0 Å². The molecule has 3 aromatic rings. The van der Waals surface area contributed by atoms with Crippen LogP contribution in [-0.4, -0.2) is 34.5 Å². The number of likely N-dealkylation sites (tertiary alicyclic amines) is 1. The van der Waals surface area contributed by atoms with E-state index in [0.29, 0.717) is 18.1 Å². The Hall–Kier alpha value is -3.19. The summed E-state index contributed by atoms with van der Waals surface area (Å²) in [6.07, 6.45) is 5.44. The van der Waals surface area contributed by atoms with E-state index in [-0.39, 0.29) is 17.9 Å². The van der Waals surface area contributed by atoms with Crippen LogP contribution in [0.25, 0.3) is 0 Å². The molecule has 0 radical (unpaired) electrons. The molecule has 176 valence electrons. The first-order chi connectivity index (χ1) is 16.7. The zero-order valence-electron chi connectivity index (χ0n) is 19.1. The van der Waals surface area contributed by atoms with Crippen LogP contribution in [0.3, 0.4) is 0 Å². The molecule has 2 aliphatic rings. The van der Waals surface area contributed by atoms with E-state index in [1.807, 2.05) is 36.4 Å². The molecule has 2 heterocycles. The molecule has 0 unspecified atom stereocenters. The number of carbonyl (C=O) groups excluding carboxylic acids is 2. The van der Waals surface area contributed by atoms with Crippen LogP contribution in [0.5, 0.6) is 0 Å². The first-order valence-electron chi connectivity index (χ1n) is 12.0. The number of benzene rings is 2. The summed E-state index contributed by atoms with van der Waals surface area (Å²) >= 11 is 1.46. The molecule has 5 rings (SSSR count). The van der Waals surface area contributed by atoms with E-state index in [1.54, 1.807) is 0 Å². The summed E-state index contributed by atoms with van der Waals surface area (Å²) in [5.41, 5.74) is 3.16. The van der Waals surface area contributed by atoms with Gasteiger partial charge in [0.2, 0.25) is 5.91 Å². The topological polar surface area (TPSA) is 71.5 Å². The van der Waals surface area contributed by atoms with Crippen LogP contribution in [0.15, 0.2) is 66.0 Å². The van der Waals surface area contributed by atoms with Crippen molar-refractivity contribution in [2.75, 3.05) is 11.9 Å². The molecule has 6 nitrogen and oxygen atoms in total. The fourth-order valence-electron chi connectivity index (χ4n) is 5.23. The van der Waals surface area contributed by atoms with Crippen molar-refractivity contribution in [3.05, 3.63) is 82.9 Å². The van der Waals surface area contributed by atoms with E-state index in [9.17, 15) is 9.59 Å². The van der Waals surface area contributed by atoms with Gasteiger partial charge in [0.1, 0.15) is 12.6 Å². The molecular formula is C27H29N3O3S. The van der Waals surface area contributed by atoms with Gasteiger partial charge in [-0.2, -0.15) is 0 Å². The van der Waals surface area contributed by atoms with Gasteiger partial charge in [-0.15, -0.1) is 11.3 Å². The van der Waals surface area contributed by atoms with Crippen molar-refractivity contribution in [2.45, 2.75) is 56.6 Å². The number of thiazole rings is 1. The Morgan fingerprint density at radius 3 is 2.47 bits per heavy atom. The number of nitrogens with one attached hydrogen (secondary N) is 1. The third kappa shape index (κ3) is 4.57. The Morgan fingerprint density at radius 2 is 1.74 bits per heavy atom. The smallest absolute Gasteiger partial charge is 0.410 e. The number of nitrogens with zero attached hydrogens (tertiary/aromatic N) is 2. The fourth-order valence-corrected chi connectivity index (χ4v) is 6.04. The molecule has 1 aliphatic heterocycles. The third-order valence-electron chi connectivity index (χ3n) is 7.00. The Bertz CT molecular complexity index is 1130. The van der Waals surface area contributed by atoms with Gasteiger partial charge < -0.3 is 10.1 Å². The summed E-state index contributed by atoms with van der Waals surface area (Å²) < 4.78 is 5.47. The van der Waals surface area contributed by atoms with Gasteiger partial charge in [0.25, 0.3) is 0 Å². The van der Waals surface area contributed by atoms with Crippen LogP contribution < -0.4 is 5.32 Å². The molecule has 1 atom stereocenters. The van der Waals surface area contributed by atoms with Crippen molar-refractivity contribution in [3.8, 4) is 0 Å². The van der Waals surface area contributed by atoms with Crippen molar-refractivity contribution in [2.24, 2.45) is 0 Å². The third-order valence-corrected chi connectivity index (χ3v) is 7.76. The second-order valence-electron chi connectivity index (χ2n) is 9.07. The molecule has 1 saturated heterocycles. The van der Waals surface area contributed by atoms with E-state index in [0.717, 1.165) is 30.5 Å². The standard InChI is InChI=1S/C27H29N3O3S/c31-24(22-14-9-17-30(22)26(32)33-18-20-10-3-1-4-11-20)29-25-28-23(19-34-25)27(15-7-8-16-27)21-12-5-2-6-13-21/h1-6,10-13,19,22H,7-9,14-18H2,(H,28,29,31)/t22-/m0/s1. The lowest BCUT2D eigenvalue weighted by molar-refractivity contribution is -0.120. The largest absolute Gasteiger partial charge is 0.445 e. The normalized spacial score (nSPS) is 19.2. The second kappa shape index (κ2) is 9.97. The van der Waals surface area contributed by atoms with E-state index in [4.69, 9.17) is 9.72 Å². The van der Waals surface area contributed by atoms with Crippen molar-refractivity contribution < 1.29 is 14.3 Å². The molecule has 2 fully saturated rings. The summed E-state index contributed by atoms with van der Waals surface area (Å²) in [6, 6.07) is 19.6. The summed E-state index contributed by atoms with van der Waals surface area (Å²) in [6.45, 7) is 0.716. The Morgan fingerprint density at radius 1 is 1.03 bits per heavy atom. The van der Waals surface area contributed by atoms with Crippen molar-refractivity contribution in [1.82, 2.24) is 9.88 Å².